The van der Waals surface area contributed by atoms with Crippen LogP contribution in [-0.4, -0.2) is 16.7 Å². The molecule has 9 heteroatoms. The molecule has 2 rings (SSSR count). The molecule has 1 amide bonds. The number of thiazole rings is 1. The van der Waals surface area contributed by atoms with E-state index in [0.29, 0.717) is 16.3 Å². The fourth-order valence-electron chi connectivity index (χ4n) is 1.88. The fraction of sp³-hybridized carbons (Fsp3) is 0.375. The van der Waals surface area contributed by atoms with E-state index in [1.165, 1.54) is 17.4 Å². The van der Waals surface area contributed by atoms with Crippen LogP contribution in [0.1, 0.15) is 31.3 Å². The molecule has 2 aromatic rings. The Morgan fingerprint density at radius 1 is 1.28 bits per heavy atom. The Hall–Kier alpha value is -2.13. The van der Waals surface area contributed by atoms with Crippen molar-refractivity contribution in [2.24, 2.45) is 0 Å². The average molecular weight is 373 g/mol. The van der Waals surface area contributed by atoms with Crippen molar-refractivity contribution < 1.29 is 22.7 Å². The number of carbonyl (C=O) groups is 1. The van der Waals surface area contributed by atoms with Crippen molar-refractivity contribution in [3.8, 4) is 11.3 Å². The first kappa shape index (κ1) is 19.2. The second-order valence-electron chi connectivity index (χ2n) is 6.19. The van der Waals surface area contributed by atoms with E-state index in [1.54, 1.807) is 32.2 Å². The van der Waals surface area contributed by atoms with Gasteiger partial charge in [0.1, 0.15) is 10.6 Å². The van der Waals surface area contributed by atoms with Crippen LogP contribution in [0.3, 0.4) is 0 Å². The molecule has 1 heterocycles. The van der Waals surface area contributed by atoms with E-state index in [2.05, 4.69) is 15.8 Å². The Labute approximate surface area is 147 Å². The molecule has 0 unspecified atom stereocenters. The van der Waals surface area contributed by atoms with Crippen LogP contribution in [0, 0.1) is 0 Å². The fourth-order valence-corrected chi connectivity index (χ4v) is 2.62. The molecule has 0 aliphatic rings. The van der Waals surface area contributed by atoms with Gasteiger partial charge in [0.05, 0.1) is 17.8 Å². The number of rotatable bonds is 4. The lowest BCUT2D eigenvalue weighted by molar-refractivity contribution is -0.137. The summed E-state index contributed by atoms with van der Waals surface area (Å²) in [4.78, 5) is 15.8. The minimum absolute atomic E-state index is 0.225. The molecule has 0 aliphatic heterocycles. The van der Waals surface area contributed by atoms with Crippen LogP contribution in [0.2, 0.25) is 0 Å². The van der Waals surface area contributed by atoms with Crippen LogP contribution in [0.5, 0.6) is 0 Å². The lowest BCUT2D eigenvalue weighted by atomic mass is 10.1. The Bertz CT molecular complexity index is 739. The quantitative estimate of drug-likeness (QED) is 0.782. The van der Waals surface area contributed by atoms with E-state index < -0.39 is 23.4 Å². The normalized spacial score (nSPS) is 12.1. The number of benzene rings is 1. The third-order valence-corrected chi connectivity index (χ3v) is 3.72. The van der Waals surface area contributed by atoms with Crippen molar-refractivity contribution in [2.75, 3.05) is 0 Å². The molecule has 0 spiro atoms. The third kappa shape index (κ3) is 6.02. The average Bonchev–Trinajstić information content (AvgIpc) is 2.93. The second-order valence-corrected chi connectivity index (χ2v) is 7.13. The zero-order chi connectivity index (χ0) is 18.7. The molecule has 0 fully saturated rings. The lowest BCUT2D eigenvalue weighted by Crippen LogP contribution is -2.40. The maximum absolute atomic E-state index is 12.8. The molecular formula is C16H18F3N3O2S. The van der Waals surface area contributed by atoms with Gasteiger partial charge in [-0.25, -0.2) is 15.2 Å². The van der Waals surface area contributed by atoms with Crippen molar-refractivity contribution in [3.63, 3.8) is 0 Å². The van der Waals surface area contributed by atoms with Gasteiger partial charge in [-0.3, -0.25) is 5.43 Å². The van der Waals surface area contributed by atoms with Crippen LogP contribution in [0.25, 0.3) is 11.3 Å². The van der Waals surface area contributed by atoms with Crippen molar-refractivity contribution in [3.05, 3.63) is 40.2 Å². The zero-order valence-corrected chi connectivity index (χ0v) is 14.7. The number of amides is 1. The maximum Gasteiger partial charge on any atom is 0.422 e. The summed E-state index contributed by atoms with van der Waals surface area (Å²) >= 11 is 1.28. The number of alkyl halides is 3. The summed E-state index contributed by atoms with van der Waals surface area (Å²) in [5.41, 5.74) is 4.55. The van der Waals surface area contributed by atoms with E-state index in [9.17, 15) is 18.0 Å². The Morgan fingerprint density at radius 2 is 2.00 bits per heavy atom. The summed E-state index contributed by atoms with van der Waals surface area (Å²) in [6.45, 7) is 5.46. The molecule has 25 heavy (non-hydrogen) atoms. The van der Waals surface area contributed by atoms with E-state index >= 15 is 0 Å². The van der Waals surface area contributed by atoms with Crippen LogP contribution in [0.15, 0.2) is 29.6 Å². The Balaban J connectivity index is 1.96. The van der Waals surface area contributed by atoms with Crippen molar-refractivity contribution in [1.29, 1.82) is 0 Å². The third-order valence-electron chi connectivity index (χ3n) is 2.87. The number of ether oxygens (including phenoxy) is 1. The van der Waals surface area contributed by atoms with E-state index in [1.807, 2.05) is 0 Å². The molecule has 136 valence electrons. The highest BCUT2D eigenvalue weighted by atomic mass is 32.1. The number of nitrogens with zero attached hydrogens (tertiary/aromatic N) is 1. The molecule has 5 nitrogen and oxygen atoms in total. The SMILES string of the molecule is CC(C)(C)OC(=O)NNCc1nc(-c2cccc(C(F)(F)F)c2)cs1. The largest absolute Gasteiger partial charge is 0.443 e. The van der Waals surface area contributed by atoms with Gasteiger partial charge in [-0.2, -0.15) is 13.2 Å². The monoisotopic (exact) mass is 373 g/mol. The van der Waals surface area contributed by atoms with Gasteiger partial charge in [0.25, 0.3) is 0 Å². The minimum atomic E-state index is -4.40. The van der Waals surface area contributed by atoms with Gasteiger partial charge in [0, 0.05) is 10.9 Å². The van der Waals surface area contributed by atoms with E-state index in [0.717, 1.165) is 12.1 Å². The van der Waals surface area contributed by atoms with Gasteiger partial charge in [-0.15, -0.1) is 11.3 Å². The van der Waals surface area contributed by atoms with E-state index in [4.69, 9.17) is 4.74 Å². The van der Waals surface area contributed by atoms with Crippen LogP contribution >= 0.6 is 11.3 Å². The molecule has 0 atom stereocenters. The summed E-state index contributed by atoms with van der Waals surface area (Å²) in [5.74, 6) is 0. The van der Waals surface area contributed by atoms with Gasteiger partial charge in [0.15, 0.2) is 0 Å². The van der Waals surface area contributed by atoms with Gasteiger partial charge in [0.2, 0.25) is 0 Å². The van der Waals surface area contributed by atoms with Gasteiger partial charge in [-0.1, -0.05) is 12.1 Å². The zero-order valence-electron chi connectivity index (χ0n) is 13.9. The molecule has 1 aromatic heterocycles. The van der Waals surface area contributed by atoms with Gasteiger partial charge < -0.3 is 4.74 Å². The highest BCUT2D eigenvalue weighted by molar-refractivity contribution is 7.09. The van der Waals surface area contributed by atoms with Crippen LogP contribution in [-0.2, 0) is 17.5 Å². The highest BCUT2D eigenvalue weighted by Gasteiger charge is 2.30. The van der Waals surface area contributed by atoms with E-state index in [-0.39, 0.29) is 6.54 Å². The molecule has 0 saturated heterocycles. The molecule has 1 aromatic carbocycles. The number of aromatic nitrogens is 1. The predicted octanol–water partition coefficient (Wildman–Crippen LogP) is 4.36. The van der Waals surface area contributed by atoms with Crippen molar-refractivity contribution in [2.45, 2.75) is 39.1 Å². The number of halogens is 3. The molecule has 0 aliphatic carbocycles. The van der Waals surface area contributed by atoms with Crippen LogP contribution < -0.4 is 10.9 Å². The molecule has 0 radical (unpaired) electrons. The number of carbonyl (C=O) groups excluding carboxylic acids is 1. The maximum atomic E-state index is 12.8. The van der Waals surface area contributed by atoms with Crippen molar-refractivity contribution >= 4 is 17.4 Å². The lowest BCUT2D eigenvalue weighted by Gasteiger charge is -2.19. The Kier molecular flexibility index (Phi) is 5.69. The smallest absolute Gasteiger partial charge is 0.422 e. The first-order valence-electron chi connectivity index (χ1n) is 7.38. The number of hydrogen-bond donors (Lipinski definition) is 2. The first-order valence-corrected chi connectivity index (χ1v) is 8.26. The number of nitrogens with one attached hydrogen (secondary N) is 2. The summed E-state index contributed by atoms with van der Waals surface area (Å²) in [5, 5.41) is 2.28. The topological polar surface area (TPSA) is 63.2 Å². The number of hydrazine groups is 1. The molecular weight excluding hydrogens is 355 g/mol. The Morgan fingerprint density at radius 3 is 2.64 bits per heavy atom. The summed E-state index contributed by atoms with van der Waals surface area (Å²) in [7, 11) is 0. The van der Waals surface area contributed by atoms with Gasteiger partial charge in [-0.05, 0) is 32.9 Å². The number of hydrogen-bond acceptors (Lipinski definition) is 5. The molecule has 0 saturated carbocycles. The summed E-state index contributed by atoms with van der Waals surface area (Å²) in [6, 6.07) is 4.99. The summed E-state index contributed by atoms with van der Waals surface area (Å²) < 4.78 is 43.4. The second kappa shape index (κ2) is 7.40. The first-order chi connectivity index (χ1) is 11.5. The standard InChI is InChI=1S/C16H18F3N3O2S/c1-15(2,3)24-14(23)22-20-8-13-21-12(9-25-13)10-5-4-6-11(7-10)16(17,18)19/h4-7,9,20H,8H2,1-3H3,(H,22,23). The minimum Gasteiger partial charge on any atom is -0.443 e. The van der Waals surface area contributed by atoms with Gasteiger partial charge >= 0.3 is 12.3 Å². The molecule has 0 bridgehead atoms. The molecule has 2 N–H and O–H groups in total. The van der Waals surface area contributed by atoms with Crippen molar-refractivity contribution in [1.82, 2.24) is 15.8 Å². The highest BCUT2D eigenvalue weighted by Crippen LogP contribution is 2.32. The van der Waals surface area contributed by atoms with Crippen LogP contribution in [0.4, 0.5) is 18.0 Å². The summed E-state index contributed by atoms with van der Waals surface area (Å²) in [6.07, 6.45) is -5.02. The predicted molar refractivity (Wildman–Crippen MR) is 88.8 cm³/mol.